The zero-order chi connectivity index (χ0) is 24.1. The van der Waals surface area contributed by atoms with E-state index >= 15 is 0 Å². The van der Waals surface area contributed by atoms with Gasteiger partial charge in [0.05, 0.1) is 22.8 Å². The van der Waals surface area contributed by atoms with E-state index < -0.39 is 0 Å². The molecule has 0 radical (unpaired) electrons. The lowest BCUT2D eigenvalue weighted by Crippen LogP contribution is -2.33. The minimum atomic E-state index is 0.450. The molecule has 0 unspecified atom stereocenters. The first-order chi connectivity index (χ1) is 16.4. The van der Waals surface area contributed by atoms with E-state index in [2.05, 4.69) is 50.9 Å². The van der Waals surface area contributed by atoms with Gasteiger partial charge in [-0.3, -0.25) is 0 Å². The molecule has 0 atom stereocenters. The van der Waals surface area contributed by atoms with E-state index in [0.717, 1.165) is 53.0 Å². The second-order valence-electron chi connectivity index (χ2n) is 8.65. The number of rotatable bonds is 7. The number of nitrogens with two attached hydrogens (primary N) is 2. The van der Waals surface area contributed by atoms with E-state index in [-0.39, 0.29) is 0 Å². The number of hydrogen-bond donors (Lipinski definition) is 3. The summed E-state index contributed by atoms with van der Waals surface area (Å²) >= 11 is 0. The first kappa shape index (κ1) is 23.1. The second kappa shape index (κ2) is 10.2. The molecule has 1 saturated heterocycles. The fourth-order valence-corrected chi connectivity index (χ4v) is 4.03. The Hall–Kier alpha value is -4.07. The summed E-state index contributed by atoms with van der Waals surface area (Å²) in [7, 11) is 0. The van der Waals surface area contributed by atoms with Crippen LogP contribution in [0.2, 0.25) is 0 Å². The second-order valence-corrected chi connectivity index (χ2v) is 8.65. The molecular formula is C26H32N8. The third-order valence-electron chi connectivity index (χ3n) is 5.93. The Bertz CT molecular complexity index is 1160. The van der Waals surface area contributed by atoms with Gasteiger partial charge in [-0.15, -0.1) is 0 Å². The summed E-state index contributed by atoms with van der Waals surface area (Å²) in [4.78, 5) is 11.4. The number of nitrogens with zero attached hydrogens (tertiary/aromatic N) is 5. The largest absolute Gasteiger partial charge is 0.397 e. The van der Waals surface area contributed by atoms with Gasteiger partial charge in [-0.25, -0.2) is 15.0 Å². The zero-order valence-corrected chi connectivity index (χ0v) is 19.8. The molecule has 1 fully saturated rings. The molecule has 176 valence electrons. The van der Waals surface area contributed by atoms with Crippen LogP contribution in [-0.4, -0.2) is 28.9 Å². The minimum Gasteiger partial charge on any atom is -0.397 e. The normalized spacial score (nSPS) is 14.6. The number of amidine groups is 1. The quantitative estimate of drug-likeness (QED) is 0.200. The Morgan fingerprint density at radius 3 is 2.56 bits per heavy atom. The highest BCUT2D eigenvalue weighted by Gasteiger charge is 2.18. The van der Waals surface area contributed by atoms with Gasteiger partial charge >= 0.3 is 0 Å². The number of nitrogens with one attached hydrogen (secondary N) is 1. The summed E-state index contributed by atoms with van der Waals surface area (Å²) in [6, 6.07) is 15.8. The van der Waals surface area contributed by atoms with Crippen molar-refractivity contribution in [2.24, 2.45) is 16.8 Å². The van der Waals surface area contributed by atoms with Crippen molar-refractivity contribution in [3.8, 4) is 11.3 Å². The van der Waals surface area contributed by atoms with Gasteiger partial charge in [0, 0.05) is 36.7 Å². The number of benzene rings is 2. The average molecular weight is 457 g/mol. The molecular weight excluding hydrogens is 424 g/mol. The fourth-order valence-electron chi connectivity index (χ4n) is 4.03. The fraction of sp³-hybridized carbons (Fsp3) is 0.269. The van der Waals surface area contributed by atoms with Gasteiger partial charge in [-0.05, 0) is 68.1 Å². The van der Waals surface area contributed by atoms with Crippen molar-refractivity contribution in [3.05, 3.63) is 67.5 Å². The van der Waals surface area contributed by atoms with Crippen LogP contribution >= 0.6 is 0 Å². The molecule has 1 aliphatic heterocycles. The van der Waals surface area contributed by atoms with Gasteiger partial charge in [-0.2, -0.15) is 5.10 Å². The van der Waals surface area contributed by atoms with Crippen molar-refractivity contribution in [2.75, 3.05) is 34.0 Å². The first-order valence-corrected chi connectivity index (χ1v) is 11.5. The number of hydrogen-bond acceptors (Lipinski definition) is 7. The van der Waals surface area contributed by atoms with Gasteiger partial charge < -0.3 is 21.7 Å². The van der Waals surface area contributed by atoms with Gasteiger partial charge in [0.25, 0.3) is 0 Å². The molecule has 0 amide bonds. The highest BCUT2D eigenvalue weighted by atomic mass is 15.5. The maximum atomic E-state index is 6.44. The van der Waals surface area contributed by atoms with Crippen LogP contribution in [0.3, 0.4) is 0 Å². The summed E-state index contributed by atoms with van der Waals surface area (Å²) in [5, 5.41) is 9.10. The first-order valence-electron chi connectivity index (χ1n) is 11.5. The van der Waals surface area contributed by atoms with Crippen molar-refractivity contribution < 1.29 is 0 Å². The average Bonchev–Trinajstić information content (AvgIpc) is 2.84. The summed E-state index contributed by atoms with van der Waals surface area (Å²) in [6.45, 7) is 9.91. The van der Waals surface area contributed by atoms with Crippen LogP contribution < -0.4 is 26.7 Å². The van der Waals surface area contributed by atoms with Crippen LogP contribution in [0.1, 0.15) is 26.7 Å². The predicted octanol–water partition coefficient (Wildman–Crippen LogP) is 4.95. The summed E-state index contributed by atoms with van der Waals surface area (Å²) < 4.78 is 0. The molecule has 0 bridgehead atoms. The Labute approximate surface area is 201 Å². The van der Waals surface area contributed by atoms with Crippen molar-refractivity contribution in [1.29, 1.82) is 0 Å². The molecule has 5 N–H and O–H groups in total. The minimum absolute atomic E-state index is 0.450. The number of nitrogen functional groups attached to an aromatic ring is 1. The van der Waals surface area contributed by atoms with Gasteiger partial charge in [0.15, 0.2) is 0 Å². The molecule has 0 saturated carbocycles. The summed E-state index contributed by atoms with van der Waals surface area (Å²) in [5.41, 5.74) is 17.5. The molecule has 2 aromatic carbocycles. The molecule has 8 heteroatoms. The van der Waals surface area contributed by atoms with Crippen LogP contribution in [0.25, 0.3) is 11.3 Å². The SMILES string of the molecule is C=CN(/N=C(/C)N)c1ccc(Nc2nccc(-c3ccc(N4CCC(C)CC4)c(N)c3)n2)cc1. The van der Waals surface area contributed by atoms with Gasteiger partial charge in [0.1, 0.15) is 5.84 Å². The van der Waals surface area contributed by atoms with E-state index in [4.69, 9.17) is 11.5 Å². The Morgan fingerprint density at radius 2 is 1.91 bits per heavy atom. The van der Waals surface area contributed by atoms with Crippen LogP contribution in [0.4, 0.5) is 28.7 Å². The van der Waals surface area contributed by atoms with Crippen molar-refractivity contribution in [1.82, 2.24) is 9.97 Å². The molecule has 2 heterocycles. The van der Waals surface area contributed by atoms with Crippen molar-refractivity contribution in [2.45, 2.75) is 26.7 Å². The zero-order valence-electron chi connectivity index (χ0n) is 19.8. The highest BCUT2D eigenvalue weighted by Crippen LogP contribution is 2.32. The predicted molar refractivity (Wildman–Crippen MR) is 142 cm³/mol. The van der Waals surface area contributed by atoms with Crippen molar-refractivity contribution >= 4 is 34.5 Å². The number of anilines is 5. The Kier molecular flexibility index (Phi) is 6.96. The van der Waals surface area contributed by atoms with Crippen LogP contribution in [0, 0.1) is 5.92 Å². The van der Waals surface area contributed by atoms with Crippen LogP contribution in [-0.2, 0) is 0 Å². The third-order valence-corrected chi connectivity index (χ3v) is 5.93. The van der Waals surface area contributed by atoms with Crippen LogP contribution in [0.15, 0.2) is 72.6 Å². The standard InChI is InChI=1S/C26H32N8/c1-4-34(32-19(3)27)22-8-6-21(7-9-22)30-26-29-14-11-24(31-26)20-5-10-25(23(28)17-20)33-15-12-18(2)13-16-33/h4-11,14,17-18H,1,12-13,15-16,28H2,2-3H3,(H2,27,32)(H,29,30,31). The molecule has 0 spiro atoms. The maximum absolute atomic E-state index is 6.44. The number of piperidine rings is 1. The van der Waals surface area contributed by atoms with E-state index in [9.17, 15) is 0 Å². The van der Waals surface area contributed by atoms with E-state index in [1.165, 1.54) is 12.8 Å². The topological polar surface area (TPSA) is 109 Å². The lowest BCUT2D eigenvalue weighted by atomic mass is 9.98. The molecule has 34 heavy (non-hydrogen) atoms. The highest BCUT2D eigenvalue weighted by molar-refractivity contribution is 5.79. The molecule has 0 aliphatic carbocycles. The van der Waals surface area contributed by atoms with Crippen LogP contribution in [0.5, 0.6) is 0 Å². The monoisotopic (exact) mass is 456 g/mol. The third kappa shape index (κ3) is 5.46. The molecule has 3 aromatic rings. The van der Waals surface area contributed by atoms with Gasteiger partial charge in [0.2, 0.25) is 5.95 Å². The molecule has 1 aliphatic rings. The Morgan fingerprint density at radius 1 is 1.18 bits per heavy atom. The Balaban J connectivity index is 1.48. The van der Waals surface area contributed by atoms with E-state index in [1.54, 1.807) is 24.3 Å². The van der Waals surface area contributed by atoms with E-state index in [0.29, 0.717) is 11.8 Å². The lowest BCUT2D eigenvalue weighted by Gasteiger charge is -2.33. The van der Waals surface area contributed by atoms with Crippen molar-refractivity contribution in [3.63, 3.8) is 0 Å². The summed E-state index contributed by atoms with van der Waals surface area (Å²) in [5.74, 6) is 1.74. The lowest BCUT2D eigenvalue weighted by molar-refractivity contribution is 0.439. The number of hydrazone groups is 1. The van der Waals surface area contributed by atoms with Gasteiger partial charge in [-0.1, -0.05) is 19.6 Å². The molecule has 8 nitrogen and oxygen atoms in total. The molecule has 1 aromatic heterocycles. The molecule has 4 rings (SSSR count). The van der Waals surface area contributed by atoms with E-state index in [1.807, 2.05) is 36.4 Å². The number of aromatic nitrogens is 2. The summed E-state index contributed by atoms with van der Waals surface area (Å²) in [6.07, 6.45) is 5.75. The smallest absolute Gasteiger partial charge is 0.227 e. The maximum Gasteiger partial charge on any atom is 0.227 e.